The van der Waals surface area contributed by atoms with Gasteiger partial charge in [0.2, 0.25) is 10.0 Å². The van der Waals surface area contributed by atoms with Crippen LogP contribution in [0.5, 0.6) is 0 Å². The molecule has 124 valence electrons. The molecule has 0 aromatic heterocycles. The molecule has 2 aromatic rings. The molecular formula is C19H18FNO2S. The van der Waals surface area contributed by atoms with E-state index in [1.54, 1.807) is 12.1 Å². The number of hydrogen-bond acceptors (Lipinski definition) is 2. The van der Waals surface area contributed by atoms with Crippen molar-refractivity contribution in [1.29, 1.82) is 0 Å². The number of benzene rings is 2. The summed E-state index contributed by atoms with van der Waals surface area (Å²) in [6, 6.07) is 13.5. The molecule has 24 heavy (non-hydrogen) atoms. The van der Waals surface area contributed by atoms with Gasteiger partial charge in [0.15, 0.2) is 0 Å². The Labute approximate surface area is 141 Å². The largest absolute Gasteiger partial charge is 0.238 e. The topological polar surface area (TPSA) is 60.2 Å². The van der Waals surface area contributed by atoms with Gasteiger partial charge in [0, 0.05) is 5.92 Å². The second-order valence-corrected chi connectivity index (χ2v) is 8.35. The zero-order valence-corrected chi connectivity index (χ0v) is 13.9. The summed E-state index contributed by atoms with van der Waals surface area (Å²) in [4.78, 5) is 0.129. The fourth-order valence-corrected chi connectivity index (χ4v) is 4.26. The van der Waals surface area contributed by atoms with Gasteiger partial charge in [-0.05, 0) is 65.6 Å². The number of hydrogen-bond donors (Lipinski definition) is 1. The molecule has 0 amide bonds. The third-order valence-corrected chi connectivity index (χ3v) is 6.12. The van der Waals surface area contributed by atoms with E-state index in [0.29, 0.717) is 0 Å². The second kappa shape index (κ2) is 5.26. The van der Waals surface area contributed by atoms with Gasteiger partial charge in [-0.1, -0.05) is 30.3 Å². The van der Waals surface area contributed by atoms with E-state index in [1.165, 1.54) is 17.7 Å². The van der Waals surface area contributed by atoms with Gasteiger partial charge in [0.25, 0.3) is 0 Å². The Hall–Kier alpha value is -1.98. The fraction of sp³-hybridized carbons (Fsp3) is 0.263. The van der Waals surface area contributed by atoms with Crippen molar-refractivity contribution < 1.29 is 12.8 Å². The molecule has 0 heterocycles. The Morgan fingerprint density at radius 3 is 2.17 bits per heavy atom. The van der Waals surface area contributed by atoms with Crippen LogP contribution >= 0.6 is 0 Å². The second-order valence-electron chi connectivity index (χ2n) is 6.79. The first kappa shape index (κ1) is 15.5. The van der Waals surface area contributed by atoms with Crippen LogP contribution in [0.15, 0.2) is 59.5 Å². The van der Waals surface area contributed by atoms with E-state index in [2.05, 4.69) is 6.08 Å². The van der Waals surface area contributed by atoms with E-state index in [-0.39, 0.29) is 22.0 Å². The maximum absolute atomic E-state index is 13.1. The predicted molar refractivity (Wildman–Crippen MR) is 91.2 cm³/mol. The lowest BCUT2D eigenvalue weighted by Gasteiger charge is -2.14. The van der Waals surface area contributed by atoms with E-state index >= 15 is 0 Å². The molecule has 2 aromatic carbocycles. The number of sulfonamides is 1. The Kier molecular flexibility index (Phi) is 3.41. The summed E-state index contributed by atoms with van der Waals surface area (Å²) < 4.78 is 35.9. The van der Waals surface area contributed by atoms with E-state index < -0.39 is 10.0 Å². The van der Waals surface area contributed by atoms with Gasteiger partial charge in [-0.15, -0.1) is 0 Å². The number of halogens is 1. The van der Waals surface area contributed by atoms with Crippen LogP contribution in [0.25, 0.3) is 5.57 Å². The number of rotatable bonds is 3. The molecule has 3 nitrogen and oxygen atoms in total. The van der Waals surface area contributed by atoms with Crippen molar-refractivity contribution in [2.45, 2.75) is 30.1 Å². The van der Waals surface area contributed by atoms with Crippen molar-refractivity contribution in [1.82, 2.24) is 0 Å². The van der Waals surface area contributed by atoms with E-state index in [4.69, 9.17) is 5.14 Å². The first-order valence-corrected chi connectivity index (χ1v) is 9.53. The maximum Gasteiger partial charge on any atom is 0.238 e. The van der Waals surface area contributed by atoms with Crippen molar-refractivity contribution in [2.24, 2.45) is 10.6 Å². The van der Waals surface area contributed by atoms with Crippen LogP contribution in [0.4, 0.5) is 4.39 Å². The quantitative estimate of drug-likeness (QED) is 0.921. The minimum atomic E-state index is -3.67. The predicted octanol–water partition coefficient (Wildman–Crippen LogP) is 3.82. The Morgan fingerprint density at radius 2 is 1.62 bits per heavy atom. The molecule has 1 saturated carbocycles. The molecule has 2 aliphatic carbocycles. The maximum atomic E-state index is 13.1. The van der Waals surface area contributed by atoms with Crippen LogP contribution in [-0.2, 0) is 10.0 Å². The van der Waals surface area contributed by atoms with Crippen LogP contribution in [0.2, 0.25) is 0 Å². The van der Waals surface area contributed by atoms with Crippen LogP contribution < -0.4 is 5.14 Å². The highest BCUT2D eigenvalue weighted by Gasteiger charge is 2.51. The minimum Gasteiger partial charge on any atom is -0.225 e. The Balaban J connectivity index is 1.68. The molecule has 0 aliphatic heterocycles. The normalized spacial score (nSPS) is 21.8. The summed E-state index contributed by atoms with van der Waals surface area (Å²) in [5, 5.41) is 5.16. The molecule has 1 fully saturated rings. The highest BCUT2D eigenvalue weighted by atomic mass is 32.2. The van der Waals surface area contributed by atoms with Gasteiger partial charge in [-0.25, -0.2) is 17.9 Å². The zero-order chi connectivity index (χ0) is 16.9. The molecule has 1 spiro atoms. The fourth-order valence-electron chi connectivity index (χ4n) is 3.74. The Bertz CT molecular complexity index is 911. The molecule has 2 aliphatic rings. The van der Waals surface area contributed by atoms with Crippen molar-refractivity contribution in [3.8, 4) is 0 Å². The summed E-state index contributed by atoms with van der Waals surface area (Å²) >= 11 is 0. The summed E-state index contributed by atoms with van der Waals surface area (Å²) in [5.41, 5.74) is 3.64. The molecular weight excluding hydrogens is 325 g/mol. The number of primary sulfonamides is 1. The molecule has 2 N–H and O–H groups in total. The van der Waals surface area contributed by atoms with Crippen molar-refractivity contribution in [3.63, 3.8) is 0 Å². The SMILES string of the molecule is NS(=O)(=O)c1ccc(C2=CC(c3ccc(F)cc3)CC23CC3)cc1. The molecule has 0 radical (unpaired) electrons. The van der Waals surface area contributed by atoms with Crippen molar-refractivity contribution >= 4 is 15.6 Å². The van der Waals surface area contributed by atoms with Gasteiger partial charge in [0.1, 0.15) is 5.82 Å². The van der Waals surface area contributed by atoms with Crippen molar-refractivity contribution in [2.75, 3.05) is 0 Å². The van der Waals surface area contributed by atoms with Crippen LogP contribution in [0.1, 0.15) is 36.3 Å². The van der Waals surface area contributed by atoms with Gasteiger partial charge >= 0.3 is 0 Å². The standard InChI is InChI=1S/C19H18FNO2S/c20-16-5-1-13(2-6-16)15-11-18(19(12-15)9-10-19)14-3-7-17(8-4-14)24(21,22)23/h1-8,11,15H,9-10,12H2,(H2,21,22,23). The van der Waals surface area contributed by atoms with Gasteiger partial charge in [-0.3, -0.25) is 0 Å². The van der Waals surface area contributed by atoms with E-state index in [9.17, 15) is 12.8 Å². The van der Waals surface area contributed by atoms with E-state index in [0.717, 1.165) is 30.4 Å². The Morgan fingerprint density at radius 1 is 1.00 bits per heavy atom. The lowest BCUT2D eigenvalue weighted by atomic mass is 9.90. The van der Waals surface area contributed by atoms with Gasteiger partial charge in [0.05, 0.1) is 4.90 Å². The zero-order valence-electron chi connectivity index (χ0n) is 13.1. The highest BCUT2D eigenvalue weighted by Crippen LogP contribution is 2.65. The van der Waals surface area contributed by atoms with Crippen LogP contribution in [0, 0.1) is 11.2 Å². The summed E-state index contributed by atoms with van der Waals surface area (Å²) in [6.45, 7) is 0. The molecule has 0 bridgehead atoms. The molecule has 4 rings (SSSR count). The monoisotopic (exact) mass is 343 g/mol. The van der Waals surface area contributed by atoms with E-state index in [1.807, 2.05) is 24.3 Å². The van der Waals surface area contributed by atoms with Crippen LogP contribution in [-0.4, -0.2) is 8.42 Å². The third kappa shape index (κ3) is 2.68. The third-order valence-electron chi connectivity index (χ3n) is 5.20. The number of allylic oxidation sites excluding steroid dienone is 2. The smallest absolute Gasteiger partial charge is 0.225 e. The molecule has 1 unspecified atom stereocenters. The molecule has 5 heteroatoms. The lowest BCUT2D eigenvalue weighted by molar-refractivity contribution is 0.596. The highest BCUT2D eigenvalue weighted by molar-refractivity contribution is 7.89. The minimum absolute atomic E-state index is 0.129. The average molecular weight is 343 g/mol. The average Bonchev–Trinajstić information content (AvgIpc) is 3.21. The molecule has 0 saturated heterocycles. The van der Waals surface area contributed by atoms with Crippen LogP contribution in [0.3, 0.4) is 0 Å². The first-order valence-electron chi connectivity index (χ1n) is 7.98. The first-order chi connectivity index (χ1) is 11.4. The van der Waals surface area contributed by atoms with Crippen molar-refractivity contribution in [3.05, 3.63) is 71.6 Å². The lowest BCUT2D eigenvalue weighted by Crippen LogP contribution is -2.12. The van der Waals surface area contributed by atoms with Gasteiger partial charge < -0.3 is 0 Å². The summed E-state index contributed by atoms with van der Waals surface area (Å²) in [7, 11) is -3.67. The molecule has 1 atom stereocenters. The summed E-state index contributed by atoms with van der Waals surface area (Å²) in [5.74, 6) is 0.0571. The summed E-state index contributed by atoms with van der Waals surface area (Å²) in [6.07, 6.45) is 5.58. The number of nitrogens with two attached hydrogens (primary N) is 1. The van der Waals surface area contributed by atoms with Gasteiger partial charge in [-0.2, -0.15) is 0 Å².